The fourth-order valence-corrected chi connectivity index (χ4v) is 4.42. The van der Waals surface area contributed by atoms with E-state index in [1.165, 1.54) is 6.21 Å². The first kappa shape index (κ1) is 21.6. The summed E-state index contributed by atoms with van der Waals surface area (Å²) in [7, 11) is 0. The number of carbonyl (C=O) groups excluding carboxylic acids is 1. The second-order valence-corrected chi connectivity index (χ2v) is 8.71. The van der Waals surface area contributed by atoms with E-state index in [4.69, 9.17) is 20.8 Å². The Hall–Kier alpha value is -2.61. The normalized spacial score (nSPS) is 11.2. The van der Waals surface area contributed by atoms with Crippen molar-refractivity contribution in [3.8, 4) is 5.75 Å². The minimum absolute atomic E-state index is 0.161. The molecule has 4 aromatic rings. The Morgan fingerprint density at radius 1 is 1.10 bits per heavy atom. The van der Waals surface area contributed by atoms with Crippen LogP contribution in [0.15, 0.2) is 85.2 Å². The predicted octanol–water partition coefficient (Wildman–Crippen LogP) is 6.95. The van der Waals surface area contributed by atoms with Gasteiger partial charge in [-0.3, -0.25) is 4.79 Å². The second-order valence-electron chi connectivity index (χ2n) is 6.53. The van der Waals surface area contributed by atoms with E-state index in [1.807, 2.05) is 60.7 Å². The number of nitrogens with zero attached hydrogens (tertiary/aromatic N) is 1. The first-order valence-electron chi connectivity index (χ1n) is 9.18. The second kappa shape index (κ2) is 9.68. The molecule has 0 aliphatic carbocycles. The summed E-state index contributed by atoms with van der Waals surface area (Å²) in [6.07, 6.45) is 1.52. The van der Waals surface area contributed by atoms with Crippen molar-refractivity contribution in [1.82, 2.24) is 5.43 Å². The summed E-state index contributed by atoms with van der Waals surface area (Å²) in [4.78, 5) is 12.4. The van der Waals surface area contributed by atoms with Gasteiger partial charge in [-0.05, 0) is 52.3 Å². The molecule has 8 heteroatoms. The van der Waals surface area contributed by atoms with E-state index in [1.54, 1.807) is 6.07 Å². The lowest BCUT2D eigenvalue weighted by molar-refractivity contribution is 0.0929. The van der Waals surface area contributed by atoms with E-state index >= 15 is 0 Å². The van der Waals surface area contributed by atoms with E-state index in [-0.39, 0.29) is 5.76 Å². The summed E-state index contributed by atoms with van der Waals surface area (Å²) in [6, 6.07) is 20.3. The number of nitrogens with one attached hydrogen (secondary N) is 1. The van der Waals surface area contributed by atoms with Crippen LogP contribution in [0.2, 0.25) is 5.02 Å². The molecule has 1 amide bonds. The van der Waals surface area contributed by atoms with Crippen molar-refractivity contribution < 1.29 is 13.9 Å². The molecule has 0 fully saturated rings. The third kappa shape index (κ3) is 5.18. The quantitative estimate of drug-likeness (QED) is 0.204. The van der Waals surface area contributed by atoms with E-state index in [0.717, 1.165) is 19.9 Å². The fourth-order valence-electron chi connectivity index (χ4n) is 2.89. The summed E-state index contributed by atoms with van der Waals surface area (Å²) in [5.41, 5.74) is 4.67. The van der Waals surface area contributed by atoms with Crippen LogP contribution in [0.25, 0.3) is 11.0 Å². The summed E-state index contributed by atoms with van der Waals surface area (Å²) in [5, 5.41) is 5.49. The van der Waals surface area contributed by atoms with E-state index in [9.17, 15) is 4.79 Å². The van der Waals surface area contributed by atoms with Gasteiger partial charge in [0.1, 0.15) is 17.9 Å². The highest BCUT2D eigenvalue weighted by atomic mass is 79.9. The molecule has 1 heterocycles. The monoisotopic (exact) mass is 560 g/mol. The molecule has 0 radical (unpaired) electrons. The molecule has 0 atom stereocenters. The molecular weight excluding hydrogens is 548 g/mol. The number of hydrogen-bond acceptors (Lipinski definition) is 4. The van der Waals surface area contributed by atoms with Gasteiger partial charge < -0.3 is 9.15 Å². The third-order valence-electron chi connectivity index (χ3n) is 4.39. The summed E-state index contributed by atoms with van der Waals surface area (Å²) < 4.78 is 13.2. The highest BCUT2D eigenvalue weighted by molar-refractivity contribution is 9.11. The Morgan fingerprint density at radius 3 is 2.71 bits per heavy atom. The Kier molecular flexibility index (Phi) is 6.75. The molecule has 5 nitrogen and oxygen atoms in total. The molecular formula is C23H15Br2ClN2O3. The Bertz CT molecular complexity index is 1290. The maximum absolute atomic E-state index is 12.4. The van der Waals surface area contributed by atoms with Gasteiger partial charge in [0.25, 0.3) is 0 Å². The number of carbonyl (C=O) groups is 1. The molecule has 0 unspecified atom stereocenters. The third-order valence-corrected chi connectivity index (χ3v) is 5.80. The molecule has 1 aromatic heterocycles. The molecule has 0 aliphatic heterocycles. The van der Waals surface area contributed by atoms with Crippen molar-refractivity contribution in [2.45, 2.75) is 6.61 Å². The SMILES string of the molecule is O=C(N/N=C\c1ccccc1OCc1ccccc1Cl)c1cc2cc(Br)cc(Br)c2o1. The molecule has 156 valence electrons. The molecule has 31 heavy (non-hydrogen) atoms. The number of amides is 1. The zero-order valence-corrected chi connectivity index (χ0v) is 19.9. The van der Waals surface area contributed by atoms with Gasteiger partial charge in [-0.25, -0.2) is 5.43 Å². The zero-order valence-electron chi connectivity index (χ0n) is 15.9. The van der Waals surface area contributed by atoms with Crippen molar-refractivity contribution in [2.24, 2.45) is 5.10 Å². The van der Waals surface area contributed by atoms with Crippen molar-refractivity contribution >= 4 is 66.6 Å². The zero-order chi connectivity index (χ0) is 21.8. The summed E-state index contributed by atoms with van der Waals surface area (Å²) in [6.45, 7) is 0.320. The van der Waals surface area contributed by atoms with Crippen LogP contribution in [0.1, 0.15) is 21.7 Å². The number of hydrazone groups is 1. The Morgan fingerprint density at radius 2 is 1.87 bits per heavy atom. The maximum atomic E-state index is 12.4. The van der Waals surface area contributed by atoms with Crippen LogP contribution in [0.5, 0.6) is 5.75 Å². The van der Waals surface area contributed by atoms with Crippen LogP contribution in [0, 0.1) is 0 Å². The van der Waals surface area contributed by atoms with Gasteiger partial charge in [-0.1, -0.05) is 57.9 Å². The Balaban J connectivity index is 1.45. The number of furan rings is 1. The minimum Gasteiger partial charge on any atom is -0.488 e. The highest BCUT2D eigenvalue weighted by Gasteiger charge is 2.14. The largest absolute Gasteiger partial charge is 0.488 e. The lowest BCUT2D eigenvalue weighted by Crippen LogP contribution is -2.16. The van der Waals surface area contributed by atoms with Crippen molar-refractivity contribution in [1.29, 1.82) is 0 Å². The summed E-state index contributed by atoms with van der Waals surface area (Å²) in [5.74, 6) is 0.331. The van der Waals surface area contributed by atoms with E-state index < -0.39 is 5.91 Å². The van der Waals surface area contributed by atoms with Crippen molar-refractivity contribution in [3.63, 3.8) is 0 Å². The lowest BCUT2D eigenvalue weighted by Gasteiger charge is -2.10. The number of benzene rings is 3. The molecule has 4 rings (SSSR count). The molecule has 0 aliphatic rings. The highest BCUT2D eigenvalue weighted by Crippen LogP contribution is 2.31. The average Bonchev–Trinajstić information content (AvgIpc) is 3.18. The standard InChI is InChI=1S/C23H15Br2ClN2O3/c24-17-9-16-10-21(31-22(16)18(25)11-17)23(29)28-27-12-14-5-2-4-8-20(14)30-13-15-6-1-3-7-19(15)26/h1-12H,13H2,(H,28,29)/b27-12-. The lowest BCUT2D eigenvalue weighted by atomic mass is 10.2. The van der Waals surface area contributed by atoms with Crippen LogP contribution in [0.4, 0.5) is 0 Å². The van der Waals surface area contributed by atoms with Crippen molar-refractivity contribution in [2.75, 3.05) is 0 Å². The van der Waals surface area contributed by atoms with Gasteiger partial charge in [-0.15, -0.1) is 0 Å². The Labute approximate surface area is 200 Å². The molecule has 0 saturated heterocycles. The molecule has 0 saturated carbocycles. The van der Waals surface area contributed by atoms with Crippen LogP contribution in [0.3, 0.4) is 0 Å². The van der Waals surface area contributed by atoms with Crippen LogP contribution in [-0.2, 0) is 6.61 Å². The molecule has 1 N–H and O–H groups in total. The van der Waals surface area contributed by atoms with Crippen LogP contribution >= 0.6 is 43.5 Å². The van der Waals surface area contributed by atoms with E-state index in [2.05, 4.69) is 42.4 Å². The smallest absolute Gasteiger partial charge is 0.307 e. The number of rotatable bonds is 6. The summed E-state index contributed by atoms with van der Waals surface area (Å²) >= 11 is 13.0. The predicted molar refractivity (Wildman–Crippen MR) is 129 cm³/mol. The van der Waals surface area contributed by atoms with E-state index in [0.29, 0.717) is 28.5 Å². The van der Waals surface area contributed by atoms with Gasteiger partial charge in [-0.2, -0.15) is 5.10 Å². The maximum Gasteiger partial charge on any atom is 0.307 e. The molecule has 0 bridgehead atoms. The van der Waals surface area contributed by atoms with Gasteiger partial charge in [0.2, 0.25) is 0 Å². The number of para-hydroxylation sites is 1. The number of halogens is 3. The average molecular weight is 563 g/mol. The van der Waals surface area contributed by atoms with Gasteiger partial charge in [0.15, 0.2) is 5.76 Å². The topological polar surface area (TPSA) is 63.8 Å². The van der Waals surface area contributed by atoms with Crippen molar-refractivity contribution in [3.05, 3.63) is 97.6 Å². The number of fused-ring (bicyclic) bond motifs is 1. The van der Waals surface area contributed by atoms with Gasteiger partial charge >= 0.3 is 5.91 Å². The van der Waals surface area contributed by atoms with Gasteiger partial charge in [0.05, 0.1) is 10.7 Å². The number of ether oxygens (including phenoxy) is 1. The fraction of sp³-hybridized carbons (Fsp3) is 0.0435. The molecule has 3 aromatic carbocycles. The minimum atomic E-state index is -0.454. The first-order valence-corrected chi connectivity index (χ1v) is 11.1. The molecule has 0 spiro atoms. The van der Waals surface area contributed by atoms with Crippen LogP contribution < -0.4 is 10.2 Å². The van der Waals surface area contributed by atoms with Crippen LogP contribution in [-0.4, -0.2) is 12.1 Å². The first-order chi connectivity index (χ1) is 15.0. The van der Waals surface area contributed by atoms with Gasteiger partial charge in [0, 0.05) is 26.0 Å². The number of hydrogen-bond donors (Lipinski definition) is 1.